The first-order valence-electron chi connectivity index (χ1n) is 5.37. The van der Waals surface area contributed by atoms with Crippen LogP contribution in [0.5, 0.6) is 0 Å². The molecular formula is C11H12BrNO3S. The summed E-state index contributed by atoms with van der Waals surface area (Å²) in [4.78, 5) is 23.5. The molecule has 0 saturated heterocycles. The summed E-state index contributed by atoms with van der Waals surface area (Å²) < 4.78 is 0.892. The highest BCUT2D eigenvalue weighted by molar-refractivity contribution is 9.11. The summed E-state index contributed by atoms with van der Waals surface area (Å²) in [5, 5.41) is 11.8. The first kappa shape index (κ1) is 12.6. The molecule has 2 N–H and O–H groups in total. The van der Waals surface area contributed by atoms with Crippen molar-refractivity contribution in [1.82, 2.24) is 5.32 Å². The van der Waals surface area contributed by atoms with E-state index in [4.69, 9.17) is 5.11 Å². The Hall–Kier alpha value is -0.880. The number of halogens is 1. The topological polar surface area (TPSA) is 66.4 Å². The Bertz CT molecular complexity index is 446. The number of hydrogen-bond donors (Lipinski definition) is 2. The summed E-state index contributed by atoms with van der Waals surface area (Å²) in [6.07, 6.45) is 2.25. The second-order valence-corrected chi connectivity index (χ2v) is 6.52. The maximum atomic E-state index is 11.9. The summed E-state index contributed by atoms with van der Waals surface area (Å²) in [6, 6.07) is 3.30. The van der Waals surface area contributed by atoms with E-state index in [1.807, 2.05) is 6.07 Å². The number of nitrogens with one attached hydrogen (secondary N) is 1. The van der Waals surface area contributed by atoms with Crippen molar-refractivity contribution in [3.63, 3.8) is 0 Å². The summed E-state index contributed by atoms with van der Waals surface area (Å²) in [5.41, 5.74) is 0. The summed E-state index contributed by atoms with van der Waals surface area (Å²) >= 11 is 4.64. The molecule has 1 amide bonds. The van der Waals surface area contributed by atoms with Crippen LogP contribution < -0.4 is 5.32 Å². The van der Waals surface area contributed by atoms with Crippen molar-refractivity contribution in [1.29, 1.82) is 0 Å². The van der Waals surface area contributed by atoms with Gasteiger partial charge >= 0.3 is 5.97 Å². The van der Waals surface area contributed by atoms with E-state index in [9.17, 15) is 9.59 Å². The Morgan fingerprint density at radius 3 is 2.76 bits per heavy atom. The van der Waals surface area contributed by atoms with Gasteiger partial charge in [0.1, 0.15) is 0 Å². The Morgan fingerprint density at radius 2 is 2.18 bits per heavy atom. The molecule has 0 bridgehead atoms. The zero-order valence-electron chi connectivity index (χ0n) is 8.98. The first-order valence-corrected chi connectivity index (χ1v) is 6.98. The zero-order valence-corrected chi connectivity index (χ0v) is 11.4. The molecule has 17 heavy (non-hydrogen) atoms. The molecule has 0 spiro atoms. The largest absolute Gasteiger partial charge is 0.481 e. The van der Waals surface area contributed by atoms with Crippen molar-refractivity contribution in [2.75, 3.05) is 0 Å². The van der Waals surface area contributed by atoms with Gasteiger partial charge in [-0.1, -0.05) is 6.42 Å². The molecule has 0 radical (unpaired) electrons. The molecule has 0 aliphatic heterocycles. The number of carbonyl (C=O) groups is 2. The minimum absolute atomic E-state index is 0.182. The highest BCUT2D eigenvalue weighted by atomic mass is 79.9. The molecule has 2 atom stereocenters. The molecule has 1 aliphatic rings. The van der Waals surface area contributed by atoms with Crippen LogP contribution in [-0.4, -0.2) is 23.0 Å². The van der Waals surface area contributed by atoms with Crippen LogP contribution in [0.1, 0.15) is 28.9 Å². The van der Waals surface area contributed by atoms with Crippen LogP contribution in [0.25, 0.3) is 0 Å². The van der Waals surface area contributed by atoms with Gasteiger partial charge in [-0.3, -0.25) is 9.59 Å². The van der Waals surface area contributed by atoms with Gasteiger partial charge in [0.2, 0.25) is 0 Å². The van der Waals surface area contributed by atoms with Crippen LogP contribution in [0, 0.1) is 5.92 Å². The third-order valence-corrected chi connectivity index (χ3v) is 4.57. The summed E-state index contributed by atoms with van der Waals surface area (Å²) in [5.74, 6) is -1.44. The highest BCUT2D eigenvalue weighted by Gasteiger charge is 2.34. The molecular weight excluding hydrogens is 306 g/mol. The molecule has 1 aromatic rings. The fraction of sp³-hybridized carbons (Fsp3) is 0.455. The monoisotopic (exact) mass is 317 g/mol. The van der Waals surface area contributed by atoms with E-state index >= 15 is 0 Å². The third kappa shape index (κ3) is 2.87. The van der Waals surface area contributed by atoms with Crippen LogP contribution >= 0.6 is 27.3 Å². The number of rotatable bonds is 3. The molecule has 1 heterocycles. The van der Waals surface area contributed by atoms with E-state index in [-0.39, 0.29) is 11.9 Å². The van der Waals surface area contributed by atoms with Gasteiger partial charge in [0.25, 0.3) is 5.91 Å². The molecule has 1 aliphatic carbocycles. The molecule has 1 saturated carbocycles. The number of carbonyl (C=O) groups excluding carboxylic acids is 1. The zero-order chi connectivity index (χ0) is 12.4. The van der Waals surface area contributed by atoms with E-state index in [1.165, 1.54) is 11.3 Å². The molecule has 4 nitrogen and oxygen atoms in total. The average Bonchev–Trinajstić information content (AvgIpc) is 2.86. The Morgan fingerprint density at radius 1 is 1.41 bits per heavy atom. The highest BCUT2D eigenvalue weighted by Crippen LogP contribution is 2.27. The molecule has 2 rings (SSSR count). The SMILES string of the molecule is O=C(NC1CCCC1C(=O)O)c1ccc(Br)s1. The summed E-state index contributed by atoms with van der Waals surface area (Å²) in [6.45, 7) is 0. The fourth-order valence-electron chi connectivity index (χ4n) is 2.10. The molecule has 92 valence electrons. The number of carboxylic acid groups (broad SMARTS) is 1. The Balaban J connectivity index is 2.01. The number of aliphatic carboxylic acids is 1. The number of carboxylic acids is 1. The molecule has 0 aromatic carbocycles. The molecule has 6 heteroatoms. The van der Waals surface area contributed by atoms with Gasteiger partial charge in [-0.15, -0.1) is 11.3 Å². The van der Waals surface area contributed by atoms with E-state index in [2.05, 4.69) is 21.2 Å². The molecule has 2 unspecified atom stereocenters. The van der Waals surface area contributed by atoms with E-state index in [0.29, 0.717) is 11.3 Å². The fourth-order valence-corrected chi connectivity index (χ4v) is 3.39. The normalized spacial score (nSPS) is 23.6. The number of amides is 1. The second-order valence-electron chi connectivity index (χ2n) is 4.06. The lowest BCUT2D eigenvalue weighted by molar-refractivity contribution is -0.142. The van der Waals surface area contributed by atoms with Crippen molar-refractivity contribution in [2.45, 2.75) is 25.3 Å². The smallest absolute Gasteiger partial charge is 0.308 e. The van der Waals surface area contributed by atoms with Gasteiger partial charge in [-0.2, -0.15) is 0 Å². The second kappa shape index (κ2) is 5.18. The maximum Gasteiger partial charge on any atom is 0.308 e. The van der Waals surface area contributed by atoms with Crippen LogP contribution in [0.15, 0.2) is 15.9 Å². The van der Waals surface area contributed by atoms with Crippen LogP contribution in [0.2, 0.25) is 0 Å². The maximum absolute atomic E-state index is 11.9. The Labute approximate surface area is 111 Å². The predicted molar refractivity (Wildman–Crippen MR) is 68.3 cm³/mol. The van der Waals surface area contributed by atoms with Gasteiger partial charge in [-0.05, 0) is 40.9 Å². The first-order chi connectivity index (χ1) is 8.08. The van der Waals surface area contributed by atoms with Gasteiger partial charge in [-0.25, -0.2) is 0 Å². The third-order valence-electron chi connectivity index (χ3n) is 2.95. The van der Waals surface area contributed by atoms with Crippen molar-refractivity contribution < 1.29 is 14.7 Å². The number of hydrogen-bond acceptors (Lipinski definition) is 3. The van der Waals surface area contributed by atoms with Crippen molar-refractivity contribution in [2.24, 2.45) is 5.92 Å². The average molecular weight is 318 g/mol. The van der Waals surface area contributed by atoms with Gasteiger partial charge < -0.3 is 10.4 Å². The van der Waals surface area contributed by atoms with Crippen molar-refractivity contribution >= 4 is 39.1 Å². The molecule has 1 aromatic heterocycles. The minimum atomic E-state index is -0.819. The standard InChI is InChI=1S/C11H12BrNO3S/c12-9-5-4-8(17-9)10(14)13-7-3-1-2-6(7)11(15)16/h4-7H,1-3H2,(H,13,14)(H,15,16). The quantitative estimate of drug-likeness (QED) is 0.900. The summed E-state index contributed by atoms with van der Waals surface area (Å²) in [7, 11) is 0. The predicted octanol–water partition coefficient (Wildman–Crippen LogP) is 2.49. The van der Waals surface area contributed by atoms with Crippen LogP contribution in [0.4, 0.5) is 0 Å². The number of thiophene rings is 1. The van der Waals surface area contributed by atoms with Crippen molar-refractivity contribution in [3.05, 3.63) is 20.8 Å². The minimum Gasteiger partial charge on any atom is -0.481 e. The van der Waals surface area contributed by atoms with E-state index in [0.717, 1.165) is 16.6 Å². The lowest BCUT2D eigenvalue weighted by atomic mass is 10.0. The Kier molecular flexibility index (Phi) is 3.83. The van der Waals surface area contributed by atoms with E-state index in [1.54, 1.807) is 6.07 Å². The van der Waals surface area contributed by atoms with Gasteiger partial charge in [0, 0.05) is 6.04 Å². The van der Waals surface area contributed by atoms with Crippen LogP contribution in [0.3, 0.4) is 0 Å². The van der Waals surface area contributed by atoms with Crippen molar-refractivity contribution in [3.8, 4) is 0 Å². The van der Waals surface area contributed by atoms with E-state index < -0.39 is 11.9 Å². The lowest BCUT2D eigenvalue weighted by Gasteiger charge is -2.16. The molecule has 1 fully saturated rings. The lowest BCUT2D eigenvalue weighted by Crippen LogP contribution is -2.39. The van der Waals surface area contributed by atoms with Gasteiger partial charge in [0.15, 0.2) is 0 Å². The van der Waals surface area contributed by atoms with Crippen LogP contribution in [-0.2, 0) is 4.79 Å². The van der Waals surface area contributed by atoms with Gasteiger partial charge in [0.05, 0.1) is 14.6 Å².